The van der Waals surface area contributed by atoms with Crippen LogP contribution in [0.25, 0.3) is 0 Å². The fraction of sp³-hybridized carbons (Fsp3) is 1.00. The van der Waals surface area contributed by atoms with Crippen LogP contribution in [0, 0.1) is 5.92 Å². The summed E-state index contributed by atoms with van der Waals surface area (Å²) in [5.41, 5.74) is 0. The van der Waals surface area contributed by atoms with Crippen molar-refractivity contribution in [3.63, 3.8) is 0 Å². The molecule has 0 aromatic heterocycles. The summed E-state index contributed by atoms with van der Waals surface area (Å²) < 4.78 is 6.29. The molecule has 0 aromatic rings. The molecule has 0 unspecified atom stereocenters. The van der Waals surface area contributed by atoms with Gasteiger partial charge in [-0.15, -0.1) is 0 Å². The Hall–Kier alpha value is 0.137. The third kappa shape index (κ3) is 3.57. The standard InChI is InChI=1S/C12H27NOSi/c1-11-8-7-9-13(10-11)14-15(5,6)12(2,3)4/h11H,7-10H2,1-6H3/t11-/m0/s1. The quantitative estimate of drug-likeness (QED) is 0.670. The zero-order chi connectivity index (χ0) is 11.7. The van der Waals surface area contributed by atoms with Crippen LogP contribution in [0.3, 0.4) is 0 Å². The number of rotatable bonds is 2. The van der Waals surface area contributed by atoms with Crippen LogP contribution in [0.15, 0.2) is 0 Å². The van der Waals surface area contributed by atoms with Crippen LogP contribution in [0.1, 0.15) is 40.5 Å². The van der Waals surface area contributed by atoms with Crippen molar-refractivity contribution >= 4 is 8.32 Å². The maximum atomic E-state index is 6.29. The highest BCUT2D eigenvalue weighted by Crippen LogP contribution is 2.37. The molecule has 1 aliphatic rings. The first-order valence-electron chi connectivity index (χ1n) is 6.16. The molecule has 0 aliphatic carbocycles. The Labute approximate surface area is 96.1 Å². The Balaban J connectivity index is 2.53. The second-order valence-electron chi connectivity index (χ2n) is 6.49. The van der Waals surface area contributed by atoms with Crippen molar-refractivity contribution in [2.45, 2.75) is 58.7 Å². The normalized spacial score (nSPS) is 25.6. The maximum absolute atomic E-state index is 6.29. The Morgan fingerprint density at radius 3 is 2.33 bits per heavy atom. The van der Waals surface area contributed by atoms with E-state index < -0.39 is 8.32 Å². The van der Waals surface area contributed by atoms with Gasteiger partial charge in [0, 0.05) is 13.1 Å². The van der Waals surface area contributed by atoms with Gasteiger partial charge in [-0.25, -0.2) is 5.06 Å². The number of hydroxylamine groups is 2. The number of hydrogen-bond donors (Lipinski definition) is 0. The lowest BCUT2D eigenvalue weighted by molar-refractivity contribution is -0.0985. The average Bonchev–Trinajstić information content (AvgIpc) is 2.00. The van der Waals surface area contributed by atoms with E-state index in [4.69, 9.17) is 4.53 Å². The van der Waals surface area contributed by atoms with Crippen LogP contribution >= 0.6 is 0 Å². The first kappa shape index (κ1) is 13.2. The molecule has 3 heteroatoms. The molecule has 2 nitrogen and oxygen atoms in total. The van der Waals surface area contributed by atoms with E-state index in [0.29, 0.717) is 5.04 Å². The lowest BCUT2D eigenvalue weighted by Gasteiger charge is -2.42. The minimum Gasteiger partial charge on any atom is -0.342 e. The molecule has 1 rings (SSSR count). The summed E-state index contributed by atoms with van der Waals surface area (Å²) in [5.74, 6) is 0.795. The van der Waals surface area contributed by atoms with Gasteiger partial charge in [-0.3, -0.25) is 0 Å². The topological polar surface area (TPSA) is 12.5 Å². The lowest BCUT2D eigenvalue weighted by atomic mass is 10.0. The van der Waals surface area contributed by atoms with Crippen molar-refractivity contribution in [3.05, 3.63) is 0 Å². The van der Waals surface area contributed by atoms with Gasteiger partial charge in [0.15, 0.2) is 0 Å². The maximum Gasteiger partial charge on any atom is 0.220 e. The van der Waals surface area contributed by atoms with Crippen LogP contribution in [-0.4, -0.2) is 26.5 Å². The summed E-state index contributed by atoms with van der Waals surface area (Å²) in [6.07, 6.45) is 2.65. The number of hydrogen-bond acceptors (Lipinski definition) is 2. The Morgan fingerprint density at radius 1 is 1.27 bits per heavy atom. The molecule has 1 heterocycles. The highest BCUT2D eigenvalue weighted by atomic mass is 28.4. The summed E-state index contributed by atoms with van der Waals surface area (Å²) in [4.78, 5) is 0. The zero-order valence-corrected chi connectivity index (χ0v) is 12.3. The first-order valence-corrected chi connectivity index (χ1v) is 9.07. The highest BCUT2D eigenvalue weighted by molar-refractivity contribution is 6.74. The molecule has 1 fully saturated rings. The third-order valence-electron chi connectivity index (χ3n) is 3.78. The third-order valence-corrected chi connectivity index (χ3v) is 8.11. The molecule has 1 aliphatic heterocycles. The monoisotopic (exact) mass is 229 g/mol. The van der Waals surface area contributed by atoms with Gasteiger partial charge in [-0.2, -0.15) is 0 Å². The second kappa shape index (κ2) is 4.56. The molecule has 0 bridgehead atoms. The van der Waals surface area contributed by atoms with Crippen LogP contribution in [0.4, 0.5) is 0 Å². The lowest BCUT2D eigenvalue weighted by Crippen LogP contribution is -2.49. The van der Waals surface area contributed by atoms with Crippen LogP contribution in [-0.2, 0) is 4.53 Å². The molecule has 0 saturated carbocycles. The fourth-order valence-corrected chi connectivity index (χ4v) is 2.77. The first-order chi connectivity index (χ1) is 6.72. The average molecular weight is 229 g/mol. The van der Waals surface area contributed by atoms with Gasteiger partial charge in [-0.1, -0.05) is 27.7 Å². The van der Waals surface area contributed by atoms with Gasteiger partial charge in [0.2, 0.25) is 8.32 Å². The molecule has 15 heavy (non-hydrogen) atoms. The smallest absolute Gasteiger partial charge is 0.220 e. The van der Waals surface area contributed by atoms with Crippen molar-refractivity contribution < 1.29 is 4.53 Å². The summed E-state index contributed by atoms with van der Waals surface area (Å²) in [6.45, 7) is 16.1. The molecular formula is C12H27NOSi. The molecule has 0 amide bonds. The number of nitrogens with zero attached hydrogens (tertiary/aromatic N) is 1. The van der Waals surface area contributed by atoms with Crippen molar-refractivity contribution in [2.24, 2.45) is 5.92 Å². The van der Waals surface area contributed by atoms with Gasteiger partial charge < -0.3 is 4.53 Å². The molecule has 0 aromatic carbocycles. The van der Waals surface area contributed by atoms with E-state index in [2.05, 4.69) is 45.9 Å². The van der Waals surface area contributed by atoms with Crippen LogP contribution < -0.4 is 0 Å². The molecular weight excluding hydrogens is 202 g/mol. The fourth-order valence-electron chi connectivity index (χ4n) is 1.69. The SMILES string of the molecule is C[C@H]1CCCN(O[Si](C)(C)C(C)(C)C)C1. The Morgan fingerprint density at radius 2 is 1.87 bits per heavy atom. The van der Waals surface area contributed by atoms with Crippen LogP contribution in [0.2, 0.25) is 18.1 Å². The van der Waals surface area contributed by atoms with Crippen molar-refractivity contribution in [1.29, 1.82) is 0 Å². The van der Waals surface area contributed by atoms with E-state index in [9.17, 15) is 0 Å². The second-order valence-corrected chi connectivity index (χ2v) is 11.2. The van der Waals surface area contributed by atoms with E-state index in [0.717, 1.165) is 19.0 Å². The Kier molecular flexibility index (Phi) is 4.01. The minimum atomic E-state index is -1.60. The van der Waals surface area contributed by atoms with Crippen molar-refractivity contribution in [2.75, 3.05) is 13.1 Å². The van der Waals surface area contributed by atoms with E-state index in [1.807, 2.05) is 0 Å². The summed E-state index contributed by atoms with van der Waals surface area (Å²) in [5, 5.41) is 2.54. The molecule has 0 N–H and O–H groups in total. The zero-order valence-electron chi connectivity index (χ0n) is 11.3. The van der Waals surface area contributed by atoms with E-state index in [-0.39, 0.29) is 0 Å². The van der Waals surface area contributed by atoms with Gasteiger partial charge in [0.05, 0.1) is 0 Å². The largest absolute Gasteiger partial charge is 0.342 e. The molecule has 1 saturated heterocycles. The van der Waals surface area contributed by atoms with E-state index >= 15 is 0 Å². The Bertz CT molecular complexity index is 210. The van der Waals surface area contributed by atoms with Gasteiger partial charge >= 0.3 is 0 Å². The number of piperidine rings is 1. The predicted octanol–water partition coefficient (Wildman–Crippen LogP) is 3.66. The van der Waals surface area contributed by atoms with E-state index in [1.165, 1.54) is 12.8 Å². The van der Waals surface area contributed by atoms with E-state index in [1.54, 1.807) is 0 Å². The van der Waals surface area contributed by atoms with Crippen molar-refractivity contribution in [1.82, 2.24) is 5.06 Å². The summed E-state index contributed by atoms with van der Waals surface area (Å²) >= 11 is 0. The van der Waals surface area contributed by atoms with Crippen molar-refractivity contribution in [3.8, 4) is 0 Å². The predicted molar refractivity (Wildman–Crippen MR) is 68.3 cm³/mol. The highest BCUT2D eigenvalue weighted by Gasteiger charge is 2.40. The minimum absolute atomic E-state index is 0.313. The van der Waals surface area contributed by atoms with Gasteiger partial charge in [-0.05, 0) is 36.9 Å². The molecule has 0 radical (unpaired) electrons. The molecule has 1 atom stereocenters. The summed E-state index contributed by atoms with van der Waals surface area (Å²) in [6, 6.07) is 0. The van der Waals surface area contributed by atoms with Gasteiger partial charge in [0.1, 0.15) is 0 Å². The van der Waals surface area contributed by atoms with Gasteiger partial charge in [0.25, 0.3) is 0 Å². The molecule has 0 spiro atoms. The molecule has 90 valence electrons. The van der Waals surface area contributed by atoms with Crippen LogP contribution in [0.5, 0.6) is 0 Å². The summed E-state index contributed by atoms with van der Waals surface area (Å²) in [7, 11) is -1.60.